The Morgan fingerprint density at radius 2 is 1.53 bits per heavy atom. The van der Waals surface area contributed by atoms with Gasteiger partial charge in [-0.05, 0) is 99.2 Å². The SMILES string of the molecule is CC1C[C@]23C[C@]24CC[C@]25C[C@@]6(CC[C@@H](C(C)(C)O)O6)[C@H]2[C@@H](O)C[C@@]5(C)[C@@H]4C[C@H](O)[C@H]3C(C)(C)C1(F)F. The summed E-state index contributed by atoms with van der Waals surface area (Å²) in [6.07, 6.45) is 6.06. The fourth-order valence-electron chi connectivity index (χ4n) is 13.1. The second kappa shape index (κ2) is 6.36. The van der Waals surface area contributed by atoms with E-state index in [0.29, 0.717) is 19.3 Å². The Hall–Kier alpha value is -0.300. The summed E-state index contributed by atoms with van der Waals surface area (Å²) in [7, 11) is 0. The first kappa shape index (κ1) is 24.7. The van der Waals surface area contributed by atoms with E-state index in [4.69, 9.17) is 4.74 Å². The van der Waals surface area contributed by atoms with E-state index in [0.717, 1.165) is 38.5 Å². The number of fused-ring (bicyclic) bond motifs is 2. The quantitative estimate of drug-likeness (QED) is 0.448. The number of aliphatic hydroxyl groups is 3. The molecule has 4 nitrogen and oxygen atoms in total. The van der Waals surface area contributed by atoms with Gasteiger partial charge in [-0.1, -0.05) is 27.7 Å². The van der Waals surface area contributed by atoms with Crippen LogP contribution < -0.4 is 0 Å². The lowest BCUT2D eigenvalue weighted by atomic mass is 9.35. The molecule has 1 unspecified atom stereocenters. The van der Waals surface area contributed by atoms with Crippen molar-refractivity contribution in [3.63, 3.8) is 0 Å². The number of hydrogen-bond acceptors (Lipinski definition) is 4. The summed E-state index contributed by atoms with van der Waals surface area (Å²) in [5.74, 6) is -3.52. The molecule has 0 amide bonds. The molecule has 3 N–H and O–H groups in total. The Morgan fingerprint density at radius 3 is 2.17 bits per heavy atom. The number of alkyl halides is 2. The standard InChI is InChI=1S/C30H46F2O4/c1-16-12-28-14-26(28)9-10-27-15-29(8-7-20(36-29)24(4,5)35)22(27)18(34)13-25(27,6)19(26)11-17(33)21(28)23(2,3)30(16,31)32/h16-22,33-35H,7-15H2,1-6H3/t16?,17-,18-,19-,20-,21-,22-,25-,26-,27-,28+,29-/m0/s1. The molecule has 1 aliphatic heterocycles. The van der Waals surface area contributed by atoms with Crippen LogP contribution in [0.5, 0.6) is 0 Å². The van der Waals surface area contributed by atoms with Gasteiger partial charge in [0.25, 0.3) is 5.92 Å². The van der Waals surface area contributed by atoms with Gasteiger partial charge >= 0.3 is 0 Å². The molecule has 204 valence electrons. The maximum Gasteiger partial charge on any atom is 0.256 e. The molecular weight excluding hydrogens is 462 g/mol. The van der Waals surface area contributed by atoms with Crippen molar-refractivity contribution >= 4 is 0 Å². The van der Waals surface area contributed by atoms with Crippen LogP contribution in [0.4, 0.5) is 8.78 Å². The Balaban J connectivity index is 1.25. The van der Waals surface area contributed by atoms with Gasteiger partial charge in [0, 0.05) is 23.2 Å². The van der Waals surface area contributed by atoms with E-state index in [-0.39, 0.29) is 51.1 Å². The highest BCUT2D eigenvalue weighted by atomic mass is 19.3. The molecule has 0 bridgehead atoms. The fraction of sp³-hybridized carbons (Fsp3) is 1.00. The van der Waals surface area contributed by atoms with Crippen LogP contribution in [0.25, 0.3) is 0 Å². The third kappa shape index (κ3) is 2.32. The van der Waals surface area contributed by atoms with E-state index in [1.807, 2.05) is 13.8 Å². The fourth-order valence-corrected chi connectivity index (χ4v) is 13.1. The maximum atomic E-state index is 15.5. The summed E-state index contributed by atoms with van der Waals surface area (Å²) in [6, 6.07) is 0. The molecule has 0 aromatic heterocycles. The maximum absolute atomic E-state index is 15.5. The van der Waals surface area contributed by atoms with Crippen molar-refractivity contribution in [3.05, 3.63) is 0 Å². The van der Waals surface area contributed by atoms with Gasteiger partial charge in [0.15, 0.2) is 0 Å². The molecule has 7 rings (SSSR count). The minimum atomic E-state index is -2.79. The van der Waals surface area contributed by atoms with Crippen molar-refractivity contribution in [1.82, 2.24) is 0 Å². The monoisotopic (exact) mass is 508 g/mol. The normalized spacial score (nSPS) is 61.9. The first-order chi connectivity index (χ1) is 16.4. The Kier molecular flexibility index (Phi) is 4.37. The zero-order valence-corrected chi connectivity index (χ0v) is 22.9. The van der Waals surface area contributed by atoms with Crippen LogP contribution in [0.1, 0.15) is 99.3 Å². The number of halogens is 2. The first-order valence-corrected chi connectivity index (χ1v) is 14.6. The van der Waals surface area contributed by atoms with Gasteiger partial charge in [-0.2, -0.15) is 0 Å². The molecule has 1 saturated heterocycles. The highest BCUT2D eigenvalue weighted by Crippen LogP contribution is 2.92. The highest BCUT2D eigenvalue weighted by Gasteiger charge is 2.89. The summed E-state index contributed by atoms with van der Waals surface area (Å²) in [4.78, 5) is 0. The largest absolute Gasteiger partial charge is 0.393 e. The average molecular weight is 509 g/mol. The molecule has 6 aliphatic carbocycles. The van der Waals surface area contributed by atoms with Crippen LogP contribution >= 0.6 is 0 Å². The van der Waals surface area contributed by atoms with E-state index in [1.165, 1.54) is 0 Å². The van der Waals surface area contributed by atoms with Crippen LogP contribution in [0.15, 0.2) is 0 Å². The van der Waals surface area contributed by atoms with Crippen molar-refractivity contribution < 1.29 is 28.8 Å². The van der Waals surface area contributed by atoms with Crippen molar-refractivity contribution in [3.8, 4) is 0 Å². The van der Waals surface area contributed by atoms with E-state index in [9.17, 15) is 15.3 Å². The number of aliphatic hydroxyl groups excluding tert-OH is 2. The van der Waals surface area contributed by atoms with Gasteiger partial charge in [-0.15, -0.1) is 0 Å². The van der Waals surface area contributed by atoms with Crippen molar-refractivity contribution in [2.24, 2.45) is 50.7 Å². The number of rotatable bonds is 1. The minimum absolute atomic E-state index is 0.0163. The molecule has 1 heterocycles. The van der Waals surface area contributed by atoms with Crippen LogP contribution in [0, 0.1) is 50.7 Å². The number of hydrogen-bond donors (Lipinski definition) is 3. The van der Waals surface area contributed by atoms with E-state index < -0.39 is 35.1 Å². The van der Waals surface area contributed by atoms with Crippen LogP contribution in [-0.2, 0) is 4.74 Å². The Morgan fingerprint density at radius 1 is 0.861 bits per heavy atom. The minimum Gasteiger partial charge on any atom is -0.393 e. The molecule has 7 aliphatic rings. The van der Waals surface area contributed by atoms with Gasteiger partial charge in [0.1, 0.15) is 0 Å². The van der Waals surface area contributed by atoms with Gasteiger partial charge in [-0.25, -0.2) is 8.78 Å². The van der Waals surface area contributed by atoms with Gasteiger partial charge in [-0.3, -0.25) is 0 Å². The highest BCUT2D eigenvalue weighted by molar-refractivity contribution is 5.37. The molecule has 7 fully saturated rings. The van der Waals surface area contributed by atoms with Crippen molar-refractivity contribution in [2.45, 2.75) is 135 Å². The number of ether oxygens (including phenoxy) is 1. The molecule has 6 heteroatoms. The van der Waals surface area contributed by atoms with Crippen LogP contribution in [0.2, 0.25) is 0 Å². The second-order valence-electron chi connectivity index (χ2n) is 16.1. The predicted octanol–water partition coefficient (Wildman–Crippen LogP) is 5.32. The average Bonchev–Trinajstić information content (AvgIpc) is 3.03. The lowest BCUT2D eigenvalue weighted by molar-refractivity contribution is -0.299. The van der Waals surface area contributed by atoms with Crippen molar-refractivity contribution in [2.75, 3.05) is 0 Å². The Labute approximate surface area is 214 Å². The lowest BCUT2D eigenvalue weighted by Crippen LogP contribution is -2.70. The van der Waals surface area contributed by atoms with Gasteiger partial charge < -0.3 is 20.1 Å². The topological polar surface area (TPSA) is 69.9 Å². The van der Waals surface area contributed by atoms with Crippen molar-refractivity contribution in [1.29, 1.82) is 0 Å². The predicted molar refractivity (Wildman–Crippen MR) is 131 cm³/mol. The van der Waals surface area contributed by atoms with E-state index >= 15 is 8.78 Å². The lowest BCUT2D eigenvalue weighted by Gasteiger charge is -2.71. The summed E-state index contributed by atoms with van der Waals surface area (Å²) in [5, 5.41) is 33.9. The molecule has 0 radical (unpaired) electrons. The first-order valence-electron chi connectivity index (χ1n) is 14.6. The summed E-state index contributed by atoms with van der Waals surface area (Å²) in [6.45, 7) is 11.1. The molecular formula is C30H46F2O4. The van der Waals surface area contributed by atoms with Gasteiger partial charge in [0.05, 0.1) is 29.5 Å². The third-order valence-corrected chi connectivity index (χ3v) is 14.3. The zero-order valence-electron chi connectivity index (χ0n) is 22.9. The van der Waals surface area contributed by atoms with E-state index in [2.05, 4.69) is 6.92 Å². The van der Waals surface area contributed by atoms with Crippen LogP contribution in [0.3, 0.4) is 0 Å². The molecule has 0 aromatic rings. The summed E-state index contributed by atoms with van der Waals surface area (Å²) < 4.78 is 37.6. The molecule has 6 saturated carbocycles. The molecule has 12 atom stereocenters. The smallest absolute Gasteiger partial charge is 0.256 e. The molecule has 4 spiro atoms. The summed E-state index contributed by atoms with van der Waals surface area (Å²) >= 11 is 0. The third-order valence-electron chi connectivity index (χ3n) is 14.3. The summed E-state index contributed by atoms with van der Waals surface area (Å²) in [5.41, 5.74) is -2.81. The van der Waals surface area contributed by atoms with Crippen LogP contribution in [-0.4, -0.2) is 50.8 Å². The second-order valence-corrected chi connectivity index (χ2v) is 16.1. The Bertz CT molecular complexity index is 1010. The molecule has 36 heavy (non-hydrogen) atoms. The van der Waals surface area contributed by atoms with Gasteiger partial charge in [0.2, 0.25) is 0 Å². The molecule has 0 aromatic carbocycles. The van der Waals surface area contributed by atoms with E-state index in [1.54, 1.807) is 20.8 Å². The zero-order chi connectivity index (χ0) is 26.1.